The first-order valence-corrected chi connectivity index (χ1v) is 15.3. The number of nitrogens with one attached hydrogen (secondary N) is 1. The molecule has 1 aliphatic heterocycles. The lowest BCUT2D eigenvalue weighted by molar-refractivity contribution is -0.137. The lowest BCUT2D eigenvalue weighted by atomic mass is 10.0. The summed E-state index contributed by atoms with van der Waals surface area (Å²) in [5, 5.41) is 3.66. The summed E-state index contributed by atoms with van der Waals surface area (Å²) >= 11 is 0. The van der Waals surface area contributed by atoms with Crippen LogP contribution in [-0.4, -0.2) is 91.6 Å². The van der Waals surface area contributed by atoms with Crippen LogP contribution < -0.4 is 20.7 Å². The number of nitrogens with zero attached hydrogens (tertiary/aromatic N) is 5. The van der Waals surface area contributed by atoms with Gasteiger partial charge in [0.15, 0.2) is 0 Å². The van der Waals surface area contributed by atoms with Crippen LogP contribution in [0.5, 0.6) is 5.75 Å². The fraction of sp³-hybridized carbons (Fsp3) is 0.353. The summed E-state index contributed by atoms with van der Waals surface area (Å²) in [5.74, 6) is 0.601. The van der Waals surface area contributed by atoms with E-state index in [2.05, 4.69) is 32.1 Å². The quantitative estimate of drug-likeness (QED) is 0.265. The third kappa shape index (κ3) is 8.47. The Morgan fingerprint density at radius 2 is 1.70 bits per heavy atom. The number of benzene rings is 3. The van der Waals surface area contributed by atoms with Crippen LogP contribution in [-0.2, 0) is 23.8 Å². The van der Waals surface area contributed by atoms with Gasteiger partial charge < -0.3 is 30.5 Å². The summed E-state index contributed by atoms with van der Waals surface area (Å²) < 4.78 is 45.0. The molecule has 3 aromatic carbocycles. The first kappa shape index (κ1) is 33.5. The summed E-state index contributed by atoms with van der Waals surface area (Å²) in [6.45, 7) is 3.53. The van der Waals surface area contributed by atoms with Crippen LogP contribution in [0.4, 0.5) is 24.9 Å². The zero-order valence-corrected chi connectivity index (χ0v) is 26.6. The molecule has 248 valence electrons. The van der Waals surface area contributed by atoms with Gasteiger partial charge >= 0.3 is 6.18 Å². The maximum absolute atomic E-state index is 13.5. The van der Waals surface area contributed by atoms with E-state index in [-0.39, 0.29) is 31.3 Å². The highest BCUT2D eigenvalue weighted by atomic mass is 19.4. The molecule has 3 N–H and O–H groups in total. The lowest BCUT2D eigenvalue weighted by Crippen LogP contribution is -2.47. The van der Waals surface area contributed by atoms with Gasteiger partial charge in [0.25, 0.3) is 5.91 Å². The molecule has 1 aliphatic rings. The summed E-state index contributed by atoms with van der Waals surface area (Å²) in [4.78, 5) is 41.3. The molecule has 13 heteroatoms. The molecular formula is C34H38F3N7O3. The third-order valence-corrected chi connectivity index (χ3v) is 8.06. The number of hydrogen-bond acceptors (Lipinski definition) is 8. The molecule has 0 spiro atoms. The minimum absolute atomic E-state index is 0.113. The number of anilines is 2. The molecule has 0 aliphatic carbocycles. The van der Waals surface area contributed by atoms with Crippen molar-refractivity contribution in [2.24, 2.45) is 0 Å². The number of piperazine rings is 1. The minimum Gasteiger partial charge on any atom is -0.493 e. The van der Waals surface area contributed by atoms with Gasteiger partial charge in [-0.05, 0) is 54.6 Å². The number of aromatic nitrogens is 2. The molecule has 4 aromatic rings. The molecule has 1 aromatic heterocycles. The second kappa shape index (κ2) is 14.2. The zero-order valence-electron chi connectivity index (χ0n) is 26.6. The number of rotatable bonds is 10. The van der Waals surface area contributed by atoms with Crippen LogP contribution in [0.2, 0.25) is 0 Å². The average molecular weight is 650 g/mol. The van der Waals surface area contributed by atoms with E-state index in [0.29, 0.717) is 22.4 Å². The Bertz CT molecular complexity index is 1740. The summed E-state index contributed by atoms with van der Waals surface area (Å²) in [5.41, 5.74) is 7.45. The number of nitrogen functional groups attached to an aromatic ring is 1. The highest BCUT2D eigenvalue weighted by molar-refractivity contribution is 6.02. The van der Waals surface area contributed by atoms with E-state index < -0.39 is 23.7 Å². The van der Waals surface area contributed by atoms with Crippen LogP contribution in [0.3, 0.4) is 0 Å². The zero-order chi connectivity index (χ0) is 33.7. The molecule has 1 atom stereocenters. The second-order valence-electron chi connectivity index (χ2n) is 11.8. The number of likely N-dealkylation sites (N-methyl/N-ethyl adjacent to an activating group) is 2. The van der Waals surface area contributed by atoms with Crippen molar-refractivity contribution in [2.45, 2.75) is 25.1 Å². The Hall–Kier alpha value is -4.91. The number of nitrogens with two attached hydrogens (primary N) is 1. The molecule has 0 radical (unpaired) electrons. The Kier molecular flexibility index (Phi) is 10.1. The van der Waals surface area contributed by atoms with Crippen LogP contribution in [0, 0.1) is 0 Å². The molecular weight excluding hydrogens is 611 g/mol. The Morgan fingerprint density at radius 3 is 2.43 bits per heavy atom. The van der Waals surface area contributed by atoms with Gasteiger partial charge in [0.2, 0.25) is 11.9 Å². The minimum atomic E-state index is -4.41. The molecule has 1 fully saturated rings. The van der Waals surface area contributed by atoms with Gasteiger partial charge in [-0.1, -0.05) is 30.3 Å². The van der Waals surface area contributed by atoms with E-state index in [1.165, 1.54) is 11.0 Å². The largest absolute Gasteiger partial charge is 0.493 e. The van der Waals surface area contributed by atoms with Crippen molar-refractivity contribution in [2.75, 3.05) is 64.6 Å². The molecule has 10 nitrogen and oxygen atoms in total. The Balaban J connectivity index is 1.28. The van der Waals surface area contributed by atoms with Gasteiger partial charge in [-0.2, -0.15) is 18.2 Å². The van der Waals surface area contributed by atoms with Crippen molar-refractivity contribution in [1.82, 2.24) is 25.1 Å². The fourth-order valence-corrected chi connectivity index (χ4v) is 5.47. The number of halogens is 3. The first-order valence-electron chi connectivity index (χ1n) is 15.3. The van der Waals surface area contributed by atoms with E-state index in [9.17, 15) is 22.8 Å². The molecule has 5 rings (SSSR count). The van der Waals surface area contributed by atoms with E-state index in [1.54, 1.807) is 56.6 Å². The summed E-state index contributed by atoms with van der Waals surface area (Å²) in [6.07, 6.45) is -3.94. The number of amides is 2. The Morgan fingerprint density at radius 1 is 0.979 bits per heavy atom. The predicted octanol–water partition coefficient (Wildman–Crippen LogP) is 4.03. The van der Waals surface area contributed by atoms with Crippen molar-refractivity contribution in [1.29, 1.82) is 0 Å². The molecule has 47 heavy (non-hydrogen) atoms. The van der Waals surface area contributed by atoms with E-state index in [1.807, 2.05) is 6.07 Å². The summed E-state index contributed by atoms with van der Waals surface area (Å²) in [7, 11) is 5.30. The monoisotopic (exact) mass is 649 g/mol. The molecule has 0 bridgehead atoms. The standard InChI is InChI=1S/C34H38F3N7O3/c1-42(2)32(46)29(20-23-7-5-9-26(19-23)47-17-12-22-6-4-8-25(18-22)34(35,36)37)39-31(45)24-10-11-27-28(21-24)40-33(38)41-30(27)44-15-13-43(3)14-16-44/h4-11,18-19,21,29H,12-17,20H2,1-3H3,(H,39,45)(H2,38,40,41). The van der Waals surface area contributed by atoms with Gasteiger partial charge in [0, 0.05) is 64.1 Å². The van der Waals surface area contributed by atoms with E-state index in [0.717, 1.165) is 55.1 Å². The number of alkyl halides is 3. The molecule has 1 unspecified atom stereocenters. The van der Waals surface area contributed by atoms with E-state index in [4.69, 9.17) is 10.5 Å². The highest BCUT2D eigenvalue weighted by Gasteiger charge is 2.30. The van der Waals surface area contributed by atoms with Crippen LogP contribution in [0.15, 0.2) is 66.7 Å². The maximum Gasteiger partial charge on any atom is 0.416 e. The van der Waals surface area contributed by atoms with Crippen LogP contribution in [0.1, 0.15) is 27.0 Å². The smallest absolute Gasteiger partial charge is 0.416 e. The van der Waals surface area contributed by atoms with Crippen molar-refractivity contribution >= 4 is 34.5 Å². The van der Waals surface area contributed by atoms with Crippen molar-refractivity contribution in [3.63, 3.8) is 0 Å². The molecule has 2 amide bonds. The topological polar surface area (TPSA) is 117 Å². The SMILES string of the molecule is CN1CCN(c2nc(N)nc3cc(C(=O)NC(Cc4cccc(OCCc5cccc(C(F)(F)F)c5)c4)C(=O)N(C)C)ccc23)CC1. The third-order valence-electron chi connectivity index (χ3n) is 8.06. The highest BCUT2D eigenvalue weighted by Crippen LogP contribution is 2.30. The lowest BCUT2D eigenvalue weighted by Gasteiger charge is -2.33. The average Bonchev–Trinajstić information content (AvgIpc) is 3.03. The number of ether oxygens (including phenoxy) is 1. The fourth-order valence-electron chi connectivity index (χ4n) is 5.47. The molecule has 2 heterocycles. The second-order valence-corrected chi connectivity index (χ2v) is 11.8. The maximum atomic E-state index is 13.5. The Labute approximate surface area is 271 Å². The van der Waals surface area contributed by atoms with Gasteiger partial charge in [0.1, 0.15) is 17.6 Å². The van der Waals surface area contributed by atoms with Gasteiger partial charge in [-0.3, -0.25) is 9.59 Å². The normalized spacial score (nSPS) is 14.6. The number of fused-ring (bicyclic) bond motifs is 1. The molecule has 0 saturated carbocycles. The van der Waals surface area contributed by atoms with Gasteiger partial charge in [0.05, 0.1) is 17.7 Å². The van der Waals surface area contributed by atoms with Gasteiger partial charge in [-0.25, -0.2) is 4.98 Å². The number of hydrogen-bond donors (Lipinski definition) is 2. The van der Waals surface area contributed by atoms with E-state index >= 15 is 0 Å². The van der Waals surface area contributed by atoms with Crippen LogP contribution >= 0.6 is 0 Å². The number of carbonyl (C=O) groups is 2. The summed E-state index contributed by atoms with van der Waals surface area (Å²) in [6, 6.07) is 16.5. The van der Waals surface area contributed by atoms with Crippen LogP contribution in [0.25, 0.3) is 10.9 Å². The van der Waals surface area contributed by atoms with Crippen molar-refractivity contribution in [3.05, 3.63) is 89.0 Å². The molecule has 1 saturated heterocycles. The van der Waals surface area contributed by atoms with Crippen molar-refractivity contribution < 1.29 is 27.5 Å². The van der Waals surface area contributed by atoms with Crippen molar-refractivity contribution in [3.8, 4) is 5.75 Å². The van der Waals surface area contributed by atoms with Gasteiger partial charge in [-0.15, -0.1) is 0 Å². The first-order chi connectivity index (χ1) is 22.4. The predicted molar refractivity (Wildman–Crippen MR) is 174 cm³/mol. The number of carbonyl (C=O) groups excluding carboxylic acids is 2.